The van der Waals surface area contributed by atoms with Crippen molar-refractivity contribution < 1.29 is 18.1 Å². The van der Waals surface area contributed by atoms with E-state index < -0.39 is 23.1 Å². The Morgan fingerprint density at radius 2 is 1.89 bits per heavy atom. The third-order valence-corrected chi connectivity index (χ3v) is 4.61. The number of amides is 1. The third-order valence-electron chi connectivity index (χ3n) is 4.61. The highest BCUT2D eigenvalue weighted by Crippen LogP contribution is 2.29. The standard InChI is InChI=1S/C19H16F2N4O2/c20-14-4-1-5-15(21)16(14)19(26)25-10-2-3-13(11-25)18-23-17(24-27-18)12-6-8-22-9-7-12/h1,4-9,13H,2-3,10-11H2. The molecule has 4 rings (SSSR count). The number of hydrogen-bond acceptors (Lipinski definition) is 5. The van der Waals surface area contributed by atoms with Crippen molar-refractivity contribution in [3.05, 3.63) is 65.8 Å². The van der Waals surface area contributed by atoms with Gasteiger partial charge in [-0.1, -0.05) is 11.2 Å². The van der Waals surface area contributed by atoms with Gasteiger partial charge in [0, 0.05) is 31.0 Å². The highest BCUT2D eigenvalue weighted by molar-refractivity contribution is 5.94. The molecule has 1 aromatic carbocycles. The molecule has 0 bridgehead atoms. The topological polar surface area (TPSA) is 72.1 Å². The number of pyridine rings is 1. The summed E-state index contributed by atoms with van der Waals surface area (Å²) < 4.78 is 33.2. The Morgan fingerprint density at radius 3 is 2.63 bits per heavy atom. The molecular formula is C19H16F2N4O2. The summed E-state index contributed by atoms with van der Waals surface area (Å²) in [7, 11) is 0. The van der Waals surface area contributed by atoms with Gasteiger partial charge in [-0.25, -0.2) is 8.78 Å². The van der Waals surface area contributed by atoms with Crippen LogP contribution in [0, 0.1) is 11.6 Å². The van der Waals surface area contributed by atoms with Gasteiger partial charge in [-0.3, -0.25) is 9.78 Å². The average Bonchev–Trinajstić information content (AvgIpc) is 3.19. The van der Waals surface area contributed by atoms with E-state index in [0.717, 1.165) is 24.1 Å². The summed E-state index contributed by atoms with van der Waals surface area (Å²) in [6, 6.07) is 6.94. The van der Waals surface area contributed by atoms with Crippen molar-refractivity contribution in [2.24, 2.45) is 0 Å². The first-order valence-electron chi connectivity index (χ1n) is 8.61. The summed E-state index contributed by atoms with van der Waals surface area (Å²) in [5, 5.41) is 3.98. The van der Waals surface area contributed by atoms with Crippen LogP contribution < -0.4 is 0 Å². The molecule has 138 valence electrons. The lowest BCUT2D eigenvalue weighted by molar-refractivity contribution is 0.0686. The van der Waals surface area contributed by atoms with E-state index in [1.165, 1.54) is 11.0 Å². The van der Waals surface area contributed by atoms with Crippen molar-refractivity contribution in [1.29, 1.82) is 0 Å². The minimum atomic E-state index is -0.861. The van der Waals surface area contributed by atoms with Gasteiger partial charge in [0.25, 0.3) is 5.91 Å². The monoisotopic (exact) mass is 370 g/mol. The molecule has 1 unspecified atom stereocenters. The van der Waals surface area contributed by atoms with Crippen molar-refractivity contribution in [2.45, 2.75) is 18.8 Å². The molecule has 0 N–H and O–H groups in total. The van der Waals surface area contributed by atoms with E-state index in [-0.39, 0.29) is 12.5 Å². The zero-order valence-corrected chi connectivity index (χ0v) is 14.3. The van der Waals surface area contributed by atoms with Gasteiger partial charge in [0.05, 0.1) is 5.92 Å². The van der Waals surface area contributed by atoms with Crippen molar-refractivity contribution in [2.75, 3.05) is 13.1 Å². The van der Waals surface area contributed by atoms with Gasteiger partial charge in [0.2, 0.25) is 11.7 Å². The van der Waals surface area contributed by atoms with Crippen LogP contribution in [0.3, 0.4) is 0 Å². The van der Waals surface area contributed by atoms with Crippen LogP contribution >= 0.6 is 0 Å². The molecule has 0 saturated carbocycles. The van der Waals surface area contributed by atoms with Gasteiger partial charge in [0.1, 0.15) is 17.2 Å². The van der Waals surface area contributed by atoms with Crippen LogP contribution in [0.5, 0.6) is 0 Å². The van der Waals surface area contributed by atoms with Gasteiger partial charge < -0.3 is 9.42 Å². The number of carbonyl (C=O) groups excluding carboxylic acids is 1. The number of hydrogen-bond donors (Lipinski definition) is 0. The predicted octanol–water partition coefficient (Wildman–Crippen LogP) is 3.43. The molecule has 1 aliphatic rings. The molecule has 1 aliphatic heterocycles. The molecular weight excluding hydrogens is 354 g/mol. The smallest absolute Gasteiger partial charge is 0.259 e. The Balaban J connectivity index is 1.54. The summed E-state index contributed by atoms with van der Waals surface area (Å²) in [5.74, 6) is -1.71. The molecule has 2 aromatic heterocycles. The Morgan fingerprint density at radius 1 is 1.15 bits per heavy atom. The van der Waals surface area contributed by atoms with Crippen LogP contribution in [-0.4, -0.2) is 39.0 Å². The zero-order valence-electron chi connectivity index (χ0n) is 14.3. The summed E-state index contributed by atoms with van der Waals surface area (Å²) in [6.07, 6.45) is 4.70. The van der Waals surface area contributed by atoms with Gasteiger partial charge in [-0.15, -0.1) is 0 Å². The van der Waals surface area contributed by atoms with Crippen molar-refractivity contribution in [1.82, 2.24) is 20.0 Å². The summed E-state index contributed by atoms with van der Waals surface area (Å²) in [6.45, 7) is 0.693. The maximum absolute atomic E-state index is 13.9. The minimum absolute atomic E-state index is 0.180. The molecule has 0 aliphatic carbocycles. The number of benzene rings is 1. The van der Waals surface area contributed by atoms with Gasteiger partial charge >= 0.3 is 0 Å². The van der Waals surface area contributed by atoms with Crippen LogP contribution in [0.2, 0.25) is 0 Å². The lowest BCUT2D eigenvalue weighted by Crippen LogP contribution is -2.40. The molecule has 27 heavy (non-hydrogen) atoms. The van der Waals surface area contributed by atoms with Crippen molar-refractivity contribution in [3.8, 4) is 11.4 Å². The highest BCUT2D eigenvalue weighted by atomic mass is 19.1. The average molecular weight is 370 g/mol. The fourth-order valence-corrected chi connectivity index (χ4v) is 3.24. The van der Waals surface area contributed by atoms with E-state index in [1.54, 1.807) is 24.5 Å². The first-order chi connectivity index (χ1) is 13.1. The molecule has 0 spiro atoms. The molecule has 1 saturated heterocycles. The number of nitrogens with zero attached hydrogens (tertiary/aromatic N) is 4. The van der Waals surface area contributed by atoms with Gasteiger partial charge in [0.15, 0.2) is 0 Å². The maximum atomic E-state index is 13.9. The summed E-state index contributed by atoms with van der Waals surface area (Å²) >= 11 is 0. The normalized spacial score (nSPS) is 17.1. The number of aromatic nitrogens is 3. The highest BCUT2D eigenvalue weighted by Gasteiger charge is 2.31. The lowest BCUT2D eigenvalue weighted by atomic mass is 9.97. The largest absolute Gasteiger partial charge is 0.339 e. The maximum Gasteiger partial charge on any atom is 0.259 e. The van der Waals surface area contributed by atoms with E-state index >= 15 is 0 Å². The quantitative estimate of drug-likeness (QED) is 0.706. The number of likely N-dealkylation sites (tertiary alicyclic amines) is 1. The number of rotatable bonds is 3. The Labute approximate surface area is 153 Å². The predicted molar refractivity (Wildman–Crippen MR) is 91.8 cm³/mol. The molecule has 6 nitrogen and oxygen atoms in total. The van der Waals surface area contributed by atoms with Crippen LogP contribution in [0.4, 0.5) is 8.78 Å². The van der Waals surface area contributed by atoms with Crippen LogP contribution in [-0.2, 0) is 0 Å². The molecule has 8 heteroatoms. The number of halogens is 2. The van der Waals surface area contributed by atoms with Crippen LogP contribution in [0.25, 0.3) is 11.4 Å². The third kappa shape index (κ3) is 3.42. The lowest BCUT2D eigenvalue weighted by Gasteiger charge is -2.31. The second-order valence-corrected chi connectivity index (χ2v) is 6.38. The van der Waals surface area contributed by atoms with Crippen molar-refractivity contribution in [3.63, 3.8) is 0 Å². The molecule has 1 fully saturated rings. The molecule has 1 atom stereocenters. The Bertz CT molecular complexity index is 941. The van der Waals surface area contributed by atoms with Gasteiger partial charge in [-0.05, 0) is 37.1 Å². The van der Waals surface area contributed by atoms with E-state index in [0.29, 0.717) is 24.7 Å². The molecule has 0 radical (unpaired) electrons. The molecule has 3 heterocycles. The minimum Gasteiger partial charge on any atom is -0.339 e. The molecule has 3 aromatic rings. The second kappa shape index (κ2) is 7.22. The number of piperidine rings is 1. The van der Waals surface area contributed by atoms with Crippen LogP contribution in [0.1, 0.15) is 35.0 Å². The first-order valence-corrected chi connectivity index (χ1v) is 8.61. The summed E-state index contributed by atoms with van der Waals surface area (Å²) in [5.41, 5.74) is 0.248. The first kappa shape index (κ1) is 17.3. The van der Waals surface area contributed by atoms with Gasteiger partial charge in [-0.2, -0.15) is 4.98 Å². The fourth-order valence-electron chi connectivity index (χ4n) is 3.24. The summed E-state index contributed by atoms with van der Waals surface area (Å²) in [4.78, 5) is 22.4. The van der Waals surface area contributed by atoms with Crippen LogP contribution in [0.15, 0.2) is 47.2 Å². The Kier molecular flexibility index (Phi) is 4.62. The van der Waals surface area contributed by atoms with E-state index in [4.69, 9.17) is 4.52 Å². The SMILES string of the molecule is O=C(c1c(F)cccc1F)N1CCCC(c2nc(-c3ccncc3)no2)C1. The second-order valence-electron chi connectivity index (χ2n) is 6.38. The Hall–Kier alpha value is -3.16. The van der Waals surface area contributed by atoms with E-state index in [1.807, 2.05) is 0 Å². The zero-order chi connectivity index (χ0) is 18.8. The van der Waals surface area contributed by atoms with E-state index in [2.05, 4.69) is 15.1 Å². The van der Waals surface area contributed by atoms with Crippen molar-refractivity contribution >= 4 is 5.91 Å². The fraction of sp³-hybridized carbons (Fsp3) is 0.263. The molecule has 1 amide bonds. The van der Waals surface area contributed by atoms with E-state index in [9.17, 15) is 13.6 Å². The number of carbonyl (C=O) groups is 1.